The molecule has 2 atom stereocenters. The van der Waals surface area contributed by atoms with Crippen molar-refractivity contribution in [2.75, 3.05) is 20.8 Å². The topological polar surface area (TPSA) is 123 Å². The average Bonchev–Trinajstić information content (AvgIpc) is 3.42. The fourth-order valence-corrected chi connectivity index (χ4v) is 4.71. The Labute approximate surface area is 209 Å². The number of hydrogen-bond donors (Lipinski definition) is 3. The van der Waals surface area contributed by atoms with Crippen LogP contribution in [0.1, 0.15) is 46.7 Å². The van der Waals surface area contributed by atoms with Crippen LogP contribution in [-0.2, 0) is 19.1 Å². The number of likely N-dealkylation sites (tertiary alicyclic amines) is 1. The van der Waals surface area contributed by atoms with Gasteiger partial charge in [0.2, 0.25) is 5.91 Å². The van der Waals surface area contributed by atoms with Crippen LogP contribution in [0.4, 0.5) is 0 Å². The zero-order valence-corrected chi connectivity index (χ0v) is 20.3. The maximum Gasteiger partial charge on any atom is 0.261 e. The van der Waals surface area contributed by atoms with E-state index < -0.39 is 30.2 Å². The molecule has 36 heavy (non-hydrogen) atoms. The van der Waals surface area contributed by atoms with Gasteiger partial charge in [-0.25, -0.2) is 5.84 Å². The van der Waals surface area contributed by atoms with Crippen LogP contribution in [0.15, 0.2) is 66.7 Å². The second-order valence-electron chi connectivity index (χ2n) is 8.60. The number of hydrogen-bond acceptors (Lipinski definition) is 6. The molecular formula is C27H30N4O5. The molecule has 0 saturated carbocycles. The third kappa shape index (κ3) is 5.08. The molecule has 3 amide bonds. The second kappa shape index (κ2) is 11.3. The lowest BCUT2D eigenvalue weighted by atomic mass is 9.97. The van der Waals surface area contributed by atoms with Crippen molar-refractivity contribution in [3.63, 3.8) is 0 Å². The largest absolute Gasteiger partial charge is 0.352 e. The van der Waals surface area contributed by atoms with Gasteiger partial charge in [-0.05, 0) is 41.3 Å². The quantitative estimate of drug-likeness (QED) is 0.193. The molecule has 1 aliphatic heterocycles. The molecule has 9 nitrogen and oxygen atoms in total. The molecular weight excluding hydrogens is 460 g/mol. The van der Waals surface area contributed by atoms with Crippen LogP contribution in [0.2, 0.25) is 0 Å². The van der Waals surface area contributed by atoms with Gasteiger partial charge in [0.25, 0.3) is 11.8 Å². The first kappa shape index (κ1) is 25.3. The Hall–Kier alpha value is -3.79. The number of hydrazine groups is 1. The summed E-state index contributed by atoms with van der Waals surface area (Å²) in [5.74, 6) is 4.25. The summed E-state index contributed by atoms with van der Waals surface area (Å²) in [6.07, 6.45) is 0.649. The Bertz CT molecular complexity index is 1240. The summed E-state index contributed by atoms with van der Waals surface area (Å²) in [5.41, 5.74) is 4.01. The number of fused-ring (bicyclic) bond motifs is 1. The number of amides is 3. The number of nitrogens with one attached hydrogen (secondary N) is 2. The number of nitrogens with zero attached hydrogens (tertiary/aromatic N) is 1. The predicted molar refractivity (Wildman–Crippen MR) is 134 cm³/mol. The average molecular weight is 491 g/mol. The van der Waals surface area contributed by atoms with Crippen LogP contribution in [0.25, 0.3) is 10.8 Å². The number of ether oxygens (including phenoxy) is 2. The lowest BCUT2D eigenvalue weighted by molar-refractivity contribution is -0.131. The highest BCUT2D eigenvalue weighted by atomic mass is 16.7. The first-order valence-corrected chi connectivity index (χ1v) is 11.7. The van der Waals surface area contributed by atoms with Crippen molar-refractivity contribution in [3.05, 3.63) is 83.4 Å². The van der Waals surface area contributed by atoms with Gasteiger partial charge < -0.3 is 19.7 Å². The van der Waals surface area contributed by atoms with Crippen molar-refractivity contribution in [2.45, 2.75) is 31.2 Å². The zero-order valence-electron chi connectivity index (χ0n) is 20.3. The maximum absolute atomic E-state index is 13.4. The molecule has 9 heteroatoms. The third-order valence-corrected chi connectivity index (χ3v) is 6.50. The molecule has 0 unspecified atom stereocenters. The monoisotopic (exact) mass is 490 g/mol. The predicted octanol–water partition coefficient (Wildman–Crippen LogP) is 2.58. The molecule has 0 spiro atoms. The van der Waals surface area contributed by atoms with E-state index in [0.717, 1.165) is 16.3 Å². The molecule has 3 aromatic carbocycles. The van der Waals surface area contributed by atoms with Crippen molar-refractivity contribution in [1.82, 2.24) is 15.6 Å². The number of methoxy groups -OCH3 is 2. The highest BCUT2D eigenvalue weighted by molar-refractivity contribution is 6.00. The van der Waals surface area contributed by atoms with Crippen LogP contribution < -0.4 is 16.6 Å². The summed E-state index contributed by atoms with van der Waals surface area (Å²) < 4.78 is 10.5. The number of nitrogens with two attached hydrogens (primary N) is 1. The lowest BCUT2D eigenvalue weighted by Gasteiger charge is -2.27. The number of rotatable bonds is 8. The zero-order chi connectivity index (χ0) is 25.7. The molecule has 0 radical (unpaired) electrons. The van der Waals surface area contributed by atoms with Gasteiger partial charge in [0, 0.05) is 31.9 Å². The molecule has 188 valence electrons. The Kier molecular flexibility index (Phi) is 7.94. The molecule has 0 aromatic heterocycles. The van der Waals surface area contributed by atoms with Gasteiger partial charge in [-0.3, -0.25) is 19.8 Å². The Balaban J connectivity index is 1.55. The first-order chi connectivity index (χ1) is 17.5. The minimum absolute atomic E-state index is 0.254. The molecule has 0 bridgehead atoms. The summed E-state index contributed by atoms with van der Waals surface area (Å²) in [7, 11) is 3.08. The van der Waals surface area contributed by atoms with E-state index in [9.17, 15) is 14.4 Å². The Morgan fingerprint density at radius 3 is 2.36 bits per heavy atom. The molecule has 1 aliphatic rings. The maximum atomic E-state index is 13.4. The number of carbonyl (C=O) groups excluding carboxylic acids is 3. The molecule has 1 fully saturated rings. The van der Waals surface area contributed by atoms with Crippen molar-refractivity contribution in [2.24, 2.45) is 5.84 Å². The van der Waals surface area contributed by atoms with Gasteiger partial charge in [-0.1, -0.05) is 54.6 Å². The van der Waals surface area contributed by atoms with E-state index in [1.165, 1.54) is 14.2 Å². The van der Waals surface area contributed by atoms with Gasteiger partial charge >= 0.3 is 0 Å². The Morgan fingerprint density at radius 2 is 1.67 bits per heavy atom. The SMILES string of the molecule is COC(OC)c1ccc(C(=O)N2CCC[C@H]2C(=O)N[C@H](C(=O)NN)c2cccc3ccccc23)cc1. The van der Waals surface area contributed by atoms with E-state index in [1.807, 2.05) is 36.4 Å². The fourth-order valence-electron chi connectivity index (χ4n) is 4.71. The van der Waals surface area contributed by atoms with E-state index >= 15 is 0 Å². The summed E-state index contributed by atoms with van der Waals surface area (Å²) in [6, 6.07) is 18.3. The minimum atomic E-state index is -1.01. The molecule has 0 aliphatic carbocycles. The van der Waals surface area contributed by atoms with Gasteiger partial charge in [-0.15, -0.1) is 0 Å². The van der Waals surface area contributed by atoms with Gasteiger partial charge in [0.05, 0.1) is 0 Å². The fraction of sp³-hybridized carbons (Fsp3) is 0.296. The molecule has 1 saturated heterocycles. The van der Waals surface area contributed by atoms with Gasteiger partial charge in [-0.2, -0.15) is 0 Å². The minimum Gasteiger partial charge on any atom is -0.352 e. The van der Waals surface area contributed by atoms with Crippen molar-refractivity contribution in [1.29, 1.82) is 0 Å². The summed E-state index contributed by atoms with van der Waals surface area (Å²) in [6.45, 7) is 0.444. The van der Waals surface area contributed by atoms with Gasteiger partial charge in [0.1, 0.15) is 12.1 Å². The van der Waals surface area contributed by atoms with E-state index in [2.05, 4.69) is 10.7 Å². The molecule has 4 N–H and O–H groups in total. The number of carbonyl (C=O) groups is 3. The summed E-state index contributed by atoms with van der Waals surface area (Å²) in [4.78, 5) is 41.0. The third-order valence-electron chi connectivity index (χ3n) is 6.50. The lowest BCUT2D eigenvalue weighted by Crippen LogP contribution is -2.50. The number of benzene rings is 3. The van der Waals surface area contributed by atoms with Gasteiger partial charge in [0.15, 0.2) is 6.29 Å². The smallest absolute Gasteiger partial charge is 0.261 e. The van der Waals surface area contributed by atoms with Crippen LogP contribution in [0.5, 0.6) is 0 Å². The molecule has 3 aromatic rings. The Morgan fingerprint density at radius 1 is 0.972 bits per heavy atom. The standard InChI is InChI=1S/C27H30N4O5/c1-35-27(36-2)19-14-12-18(13-15-19)26(34)31-16-6-11-22(31)24(32)29-23(25(33)30-28)21-10-5-8-17-7-3-4-9-20(17)21/h3-5,7-10,12-15,22-23,27H,6,11,16,28H2,1-2H3,(H,29,32)(H,30,33)/t22-,23-/m0/s1. The van der Waals surface area contributed by atoms with Crippen LogP contribution >= 0.6 is 0 Å². The van der Waals surface area contributed by atoms with Crippen molar-refractivity contribution in [3.8, 4) is 0 Å². The first-order valence-electron chi connectivity index (χ1n) is 11.7. The van der Waals surface area contributed by atoms with Crippen LogP contribution in [0, 0.1) is 0 Å². The second-order valence-corrected chi connectivity index (χ2v) is 8.60. The van der Waals surface area contributed by atoms with E-state index in [0.29, 0.717) is 30.5 Å². The highest BCUT2D eigenvalue weighted by Gasteiger charge is 2.36. The highest BCUT2D eigenvalue weighted by Crippen LogP contribution is 2.27. The van der Waals surface area contributed by atoms with Crippen LogP contribution in [0.3, 0.4) is 0 Å². The molecule has 1 heterocycles. The van der Waals surface area contributed by atoms with E-state index in [1.54, 1.807) is 35.2 Å². The van der Waals surface area contributed by atoms with Crippen molar-refractivity contribution >= 4 is 28.5 Å². The van der Waals surface area contributed by atoms with E-state index in [-0.39, 0.29) is 5.91 Å². The summed E-state index contributed by atoms with van der Waals surface area (Å²) in [5, 5.41) is 4.60. The molecule has 4 rings (SSSR count). The normalized spacial score (nSPS) is 16.2. The van der Waals surface area contributed by atoms with Crippen molar-refractivity contribution < 1.29 is 23.9 Å². The van der Waals surface area contributed by atoms with Crippen LogP contribution in [-0.4, -0.2) is 49.4 Å². The summed E-state index contributed by atoms with van der Waals surface area (Å²) >= 11 is 0. The van der Waals surface area contributed by atoms with E-state index in [4.69, 9.17) is 15.3 Å².